The molecule has 84 valence electrons. The predicted molar refractivity (Wildman–Crippen MR) is 65.1 cm³/mol. The van der Waals surface area contributed by atoms with Crippen molar-refractivity contribution in [3.63, 3.8) is 0 Å². The summed E-state index contributed by atoms with van der Waals surface area (Å²) in [5, 5.41) is 0. The lowest BCUT2D eigenvalue weighted by molar-refractivity contribution is 0.406. The van der Waals surface area contributed by atoms with E-state index in [2.05, 4.69) is 40.7 Å². The van der Waals surface area contributed by atoms with E-state index >= 15 is 0 Å². The minimum Gasteiger partial charge on any atom is -0.337 e. The van der Waals surface area contributed by atoms with E-state index < -0.39 is 0 Å². The number of nitrogens with two attached hydrogens (primary N) is 1. The van der Waals surface area contributed by atoms with Gasteiger partial charge < -0.3 is 10.3 Å². The zero-order chi connectivity index (χ0) is 11.4. The standard InChI is InChI=1S/C13H17N3/c1-13(9-14,10-16-8-7-15-11-16)12-5-3-2-4-6-12/h2-8,11H,9-10,14H2,1H3. The third-order valence-corrected chi connectivity index (χ3v) is 3.01. The molecule has 0 aliphatic heterocycles. The fourth-order valence-corrected chi connectivity index (χ4v) is 1.90. The van der Waals surface area contributed by atoms with Gasteiger partial charge in [-0.2, -0.15) is 0 Å². The van der Waals surface area contributed by atoms with Gasteiger partial charge in [0.05, 0.1) is 6.33 Å². The van der Waals surface area contributed by atoms with Gasteiger partial charge in [0.2, 0.25) is 0 Å². The van der Waals surface area contributed by atoms with Crippen LogP contribution in [0.5, 0.6) is 0 Å². The molecule has 1 aromatic carbocycles. The van der Waals surface area contributed by atoms with Crippen LogP contribution in [-0.4, -0.2) is 16.1 Å². The summed E-state index contributed by atoms with van der Waals surface area (Å²) in [5.41, 5.74) is 7.15. The second kappa shape index (κ2) is 4.49. The molecule has 0 radical (unpaired) electrons. The van der Waals surface area contributed by atoms with Gasteiger partial charge in [-0.25, -0.2) is 4.98 Å². The van der Waals surface area contributed by atoms with Crippen molar-refractivity contribution < 1.29 is 0 Å². The van der Waals surface area contributed by atoms with Crippen molar-refractivity contribution in [2.45, 2.75) is 18.9 Å². The van der Waals surface area contributed by atoms with Crippen LogP contribution in [0.15, 0.2) is 49.1 Å². The minimum atomic E-state index is -0.0397. The van der Waals surface area contributed by atoms with E-state index in [4.69, 9.17) is 5.73 Å². The lowest BCUT2D eigenvalue weighted by Gasteiger charge is -2.29. The summed E-state index contributed by atoms with van der Waals surface area (Å²) in [6.07, 6.45) is 5.59. The predicted octanol–water partition coefficient (Wildman–Crippen LogP) is 1.80. The zero-order valence-corrected chi connectivity index (χ0v) is 9.50. The molecular formula is C13H17N3. The molecule has 2 N–H and O–H groups in total. The van der Waals surface area contributed by atoms with Crippen LogP contribution in [0.3, 0.4) is 0 Å². The zero-order valence-electron chi connectivity index (χ0n) is 9.50. The molecule has 0 fully saturated rings. The fraction of sp³-hybridized carbons (Fsp3) is 0.308. The SMILES string of the molecule is CC(CN)(Cn1ccnc1)c1ccccc1. The van der Waals surface area contributed by atoms with Gasteiger partial charge >= 0.3 is 0 Å². The Kier molecular flexibility index (Phi) is 3.06. The Morgan fingerprint density at radius 3 is 2.62 bits per heavy atom. The van der Waals surface area contributed by atoms with Gasteiger partial charge in [0.1, 0.15) is 0 Å². The second-order valence-electron chi connectivity index (χ2n) is 4.37. The van der Waals surface area contributed by atoms with Gasteiger partial charge in [-0.05, 0) is 5.56 Å². The Morgan fingerprint density at radius 2 is 2.06 bits per heavy atom. The van der Waals surface area contributed by atoms with Crippen LogP contribution >= 0.6 is 0 Å². The number of nitrogens with zero attached hydrogens (tertiary/aromatic N) is 2. The van der Waals surface area contributed by atoms with E-state index in [0.717, 1.165) is 6.54 Å². The molecule has 16 heavy (non-hydrogen) atoms. The molecule has 3 heteroatoms. The van der Waals surface area contributed by atoms with Crippen LogP contribution in [0, 0.1) is 0 Å². The molecule has 1 unspecified atom stereocenters. The maximum Gasteiger partial charge on any atom is 0.0946 e. The van der Waals surface area contributed by atoms with Crippen LogP contribution in [0.4, 0.5) is 0 Å². The van der Waals surface area contributed by atoms with Crippen LogP contribution in [0.2, 0.25) is 0 Å². The third-order valence-electron chi connectivity index (χ3n) is 3.01. The average Bonchev–Trinajstić information content (AvgIpc) is 2.83. The van der Waals surface area contributed by atoms with Crippen molar-refractivity contribution in [2.24, 2.45) is 5.73 Å². The lowest BCUT2D eigenvalue weighted by Crippen LogP contribution is -2.36. The van der Waals surface area contributed by atoms with Crippen molar-refractivity contribution >= 4 is 0 Å². The maximum atomic E-state index is 5.92. The minimum absolute atomic E-state index is 0.0397. The summed E-state index contributed by atoms with van der Waals surface area (Å²) in [5.74, 6) is 0. The van der Waals surface area contributed by atoms with Gasteiger partial charge in [-0.15, -0.1) is 0 Å². The van der Waals surface area contributed by atoms with E-state index in [1.54, 1.807) is 6.20 Å². The average molecular weight is 215 g/mol. The molecule has 1 heterocycles. The van der Waals surface area contributed by atoms with E-state index in [-0.39, 0.29) is 5.41 Å². The molecule has 0 bridgehead atoms. The summed E-state index contributed by atoms with van der Waals surface area (Å²) >= 11 is 0. The molecule has 1 atom stereocenters. The Bertz CT molecular complexity index is 422. The van der Waals surface area contributed by atoms with Crippen LogP contribution in [-0.2, 0) is 12.0 Å². The Hall–Kier alpha value is -1.61. The first-order valence-electron chi connectivity index (χ1n) is 5.46. The summed E-state index contributed by atoms with van der Waals surface area (Å²) in [6, 6.07) is 10.4. The number of aromatic nitrogens is 2. The second-order valence-corrected chi connectivity index (χ2v) is 4.37. The number of imidazole rings is 1. The van der Waals surface area contributed by atoms with Crippen molar-refractivity contribution in [3.05, 3.63) is 54.6 Å². The molecule has 1 aromatic heterocycles. The largest absolute Gasteiger partial charge is 0.337 e. The fourth-order valence-electron chi connectivity index (χ4n) is 1.90. The Balaban J connectivity index is 2.26. The monoisotopic (exact) mass is 215 g/mol. The molecule has 2 aromatic rings. The van der Waals surface area contributed by atoms with Crippen molar-refractivity contribution in [3.8, 4) is 0 Å². The summed E-state index contributed by atoms with van der Waals surface area (Å²) in [6.45, 7) is 3.66. The topological polar surface area (TPSA) is 43.8 Å². The first-order valence-corrected chi connectivity index (χ1v) is 5.46. The molecular weight excluding hydrogens is 198 g/mol. The van der Waals surface area contributed by atoms with Crippen molar-refractivity contribution in [2.75, 3.05) is 6.54 Å². The normalized spacial score (nSPS) is 14.6. The van der Waals surface area contributed by atoms with Crippen LogP contribution in [0.1, 0.15) is 12.5 Å². The maximum absolute atomic E-state index is 5.92. The molecule has 0 amide bonds. The third kappa shape index (κ3) is 2.14. The summed E-state index contributed by atoms with van der Waals surface area (Å²) in [7, 11) is 0. The number of benzene rings is 1. The number of rotatable bonds is 4. The van der Waals surface area contributed by atoms with Gasteiger partial charge in [0.25, 0.3) is 0 Å². The van der Waals surface area contributed by atoms with Crippen LogP contribution < -0.4 is 5.73 Å². The molecule has 2 rings (SSSR count). The first kappa shape index (κ1) is 10.9. The van der Waals surface area contributed by atoms with E-state index in [0.29, 0.717) is 6.54 Å². The molecule has 0 saturated heterocycles. The van der Waals surface area contributed by atoms with Gasteiger partial charge in [-0.1, -0.05) is 37.3 Å². The van der Waals surface area contributed by atoms with E-state index in [9.17, 15) is 0 Å². The highest BCUT2D eigenvalue weighted by molar-refractivity contribution is 5.24. The lowest BCUT2D eigenvalue weighted by atomic mass is 9.82. The number of hydrogen-bond acceptors (Lipinski definition) is 2. The quantitative estimate of drug-likeness (QED) is 0.845. The molecule has 0 saturated carbocycles. The van der Waals surface area contributed by atoms with Gasteiger partial charge in [0, 0.05) is 30.9 Å². The van der Waals surface area contributed by atoms with Crippen molar-refractivity contribution in [1.29, 1.82) is 0 Å². The molecule has 3 nitrogen and oxygen atoms in total. The Morgan fingerprint density at radius 1 is 1.31 bits per heavy atom. The smallest absolute Gasteiger partial charge is 0.0946 e. The molecule has 0 spiro atoms. The molecule has 0 aliphatic rings. The van der Waals surface area contributed by atoms with Crippen molar-refractivity contribution in [1.82, 2.24) is 9.55 Å². The Labute approximate surface area is 95.9 Å². The van der Waals surface area contributed by atoms with Gasteiger partial charge in [-0.3, -0.25) is 0 Å². The summed E-state index contributed by atoms with van der Waals surface area (Å²) in [4.78, 5) is 4.06. The highest BCUT2D eigenvalue weighted by Crippen LogP contribution is 2.24. The molecule has 0 aliphatic carbocycles. The summed E-state index contributed by atoms with van der Waals surface area (Å²) < 4.78 is 2.07. The number of hydrogen-bond donors (Lipinski definition) is 1. The first-order chi connectivity index (χ1) is 7.74. The van der Waals surface area contributed by atoms with Crippen LogP contribution in [0.25, 0.3) is 0 Å². The van der Waals surface area contributed by atoms with E-state index in [1.807, 2.05) is 18.6 Å². The highest BCUT2D eigenvalue weighted by atomic mass is 15.0. The highest BCUT2D eigenvalue weighted by Gasteiger charge is 2.25. The van der Waals surface area contributed by atoms with Gasteiger partial charge in [0.15, 0.2) is 0 Å². The van der Waals surface area contributed by atoms with E-state index in [1.165, 1.54) is 5.56 Å².